The van der Waals surface area contributed by atoms with Gasteiger partial charge in [0.1, 0.15) is 29.7 Å². The minimum atomic E-state index is -0.850. The standard InChI is InChI=1S/C28H32N6O2/c29-26-21-7-8-34(28(21)31-14-30-26)23-13-18(24(35)25(23)36)6-4-16-3-5-17-11-19-12-20(9-15-1-2-15)32-27(19)33-22(17)10-16/h3,5,7-8,10-11,14-15,18,20,23-25,35-36H,1-2,4,6,9,12-13H2,(H,32,33)(H2,29,30,31)/t18-,20+,23+,24+,25-/m0/s1. The highest BCUT2D eigenvalue weighted by Crippen LogP contribution is 2.40. The number of aryl methyl sites for hydroxylation is 1. The Morgan fingerprint density at radius 1 is 1.08 bits per heavy atom. The molecule has 4 heterocycles. The van der Waals surface area contributed by atoms with Crippen molar-refractivity contribution in [3.05, 3.63) is 54.0 Å². The number of benzene rings is 1. The zero-order valence-corrected chi connectivity index (χ0v) is 20.2. The van der Waals surface area contributed by atoms with Gasteiger partial charge in [0.25, 0.3) is 0 Å². The van der Waals surface area contributed by atoms with Gasteiger partial charge in [0, 0.05) is 17.6 Å². The van der Waals surface area contributed by atoms with E-state index in [1.54, 1.807) is 0 Å². The Morgan fingerprint density at radius 3 is 2.83 bits per heavy atom. The van der Waals surface area contributed by atoms with Crippen molar-refractivity contribution in [2.75, 3.05) is 11.1 Å². The van der Waals surface area contributed by atoms with Crippen LogP contribution in [0.15, 0.2) is 42.9 Å². The molecule has 3 aliphatic rings. The van der Waals surface area contributed by atoms with Gasteiger partial charge in [0.15, 0.2) is 0 Å². The number of nitrogens with one attached hydrogen (secondary N) is 1. The van der Waals surface area contributed by atoms with Crippen molar-refractivity contribution in [1.82, 2.24) is 19.5 Å². The third kappa shape index (κ3) is 3.79. The summed E-state index contributed by atoms with van der Waals surface area (Å²) in [5.41, 5.74) is 10.2. The molecule has 7 rings (SSSR count). The van der Waals surface area contributed by atoms with Crippen molar-refractivity contribution in [2.45, 2.75) is 69.2 Å². The molecule has 0 bridgehead atoms. The number of pyridine rings is 1. The SMILES string of the molecule is Nc1ncnc2c1ccn2[C@@H]1C[C@H](CCc2ccc3cc4c(nc3c2)N[C@H](CC2CC2)C4)[C@@H](O)[C@H]1O. The van der Waals surface area contributed by atoms with E-state index < -0.39 is 12.2 Å². The van der Waals surface area contributed by atoms with Crippen LogP contribution < -0.4 is 11.1 Å². The van der Waals surface area contributed by atoms with E-state index in [0.717, 1.165) is 41.9 Å². The van der Waals surface area contributed by atoms with Crippen LogP contribution in [-0.4, -0.2) is 48.0 Å². The normalized spacial score (nSPS) is 27.6. The third-order valence-corrected chi connectivity index (χ3v) is 8.56. The summed E-state index contributed by atoms with van der Waals surface area (Å²) in [5.74, 6) is 2.37. The first-order chi connectivity index (χ1) is 17.5. The van der Waals surface area contributed by atoms with Gasteiger partial charge in [-0.3, -0.25) is 0 Å². The molecule has 5 N–H and O–H groups in total. The van der Waals surface area contributed by atoms with Crippen LogP contribution in [-0.2, 0) is 12.8 Å². The number of hydrogen-bond donors (Lipinski definition) is 4. The van der Waals surface area contributed by atoms with Crippen LogP contribution in [0.1, 0.15) is 49.3 Å². The zero-order chi connectivity index (χ0) is 24.4. The number of aliphatic hydroxyl groups is 2. The maximum atomic E-state index is 10.9. The Hall–Kier alpha value is -3.23. The van der Waals surface area contributed by atoms with Gasteiger partial charge in [-0.05, 0) is 73.3 Å². The van der Waals surface area contributed by atoms with Crippen LogP contribution in [0, 0.1) is 11.8 Å². The predicted molar refractivity (Wildman–Crippen MR) is 140 cm³/mol. The lowest BCUT2D eigenvalue weighted by Crippen LogP contribution is -2.29. The lowest BCUT2D eigenvalue weighted by atomic mass is 9.95. The quantitative estimate of drug-likeness (QED) is 0.330. The first kappa shape index (κ1) is 22.0. The summed E-state index contributed by atoms with van der Waals surface area (Å²) in [6.45, 7) is 0. The second kappa shape index (κ2) is 8.42. The van der Waals surface area contributed by atoms with Crippen LogP contribution in [0.3, 0.4) is 0 Å². The average molecular weight is 485 g/mol. The second-order valence-corrected chi connectivity index (χ2v) is 11.0. The van der Waals surface area contributed by atoms with E-state index in [0.29, 0.717) is 23.9 Å². The van der Waals surface area contributed by atoms with Gasteiger partial charge in [-0.25, -0.2) is 15.0 Å². The minimum absolute atomic E-state index is 0.00448. The zero-order valence-electron chi connectivity index (χ0n) is 20.2. The lowest BCUT2D eigenvalue weighted by molar-refractivity contribution is 0.00545. The van der Waals surface area contributed by atoms with Gasteiger partial charge < -0.3 is 25.8 Å². The number of aromatic nitrogens is 4. The third-order valence-electron chi connectivity index (χ3n) is 8.56. The Balaban J connectivity index is 1.06. The van der Waals surface area contributed by atoms with Gasteiger partial charge in [-0.1, -0.05) is 25.0 Å². The highest BCUT2D eigenvalue weighted by atomic mass is 16.3. The van der Waals surface area contributed by atoms with Crippen LogP contribution >= 0.6 is 0 Å². The first-order valence-electron chi connectivity index (χ1n) is 13.2. The summed E-state index contributed by atoms with van der Waals surface area (Å²) in [7, 11) is 0. The Kier molecular flexibility index (Phi) is 5.15. The molecule has 0 spiro atoms. The summed E-state index contributed by atoms with van der Waals surface area (Å²) < 4.78 is 1.94. The molecule has 8 nitrogen and oxygen atoms in total. The molecule has 186 valence electrons. The first-order valence-corrected chi connectivity index (χ1v) is 13.2. The molecule has 2 saturated carbocycles. The fraction of sp³-hybridized carbons (Fsp3) is 0.464. The Morgan fingerprint density at radius 2 is 1.97 bits per heavy atom. The van der Waals surface area contributed by atoms with Gasteiger partial charge in [0.2, 0.25) is 0 Å². The van der Waals surface area contributed by atoms with Crippen LogP contribution in [0.5, 0.6) is 0 Å². The minimum Gasteiger partial charge on any atom is -0.390 e. The van der Waals surface area contributed by atoms with Crippen molar-refractivity contribution in [3.63, 3.8) is 0 Å². The van der Waals surface area contributed by atoms with Crippen molar-refractivity contribution in [2.24, 2.45) is 11.8 Å². The molecule has 5 atom stereocenters. The van der Waals surface area contributed by atoms with Gasteiger partial charge in [0.05, 0.1) is 23.0 Å². The smallest absolute Gasteiger partial charge is 0.145 e. The number of nitrogens with zero attached hydrogens (tertiary/aromatic N) is 4. The molecular formula is C28H32N6O2. The van der Waals surface area contributed by atoms with Crippen LogP contribution in [0.25, 0.3) is 21.9 Å². The van der Waals surface area contributed by atoms with Crippen molar-refractivity contribution in [3.8, 4) is 0 Å². The molecule has 4 aromatic rings. The largest absolute Gasteiger partial charge is 0.390 e. The second-order valence-electron chi connectivity index (χ2n) is 11.0. The molecular weight excluding hydrogens is 452 g/mol. The van der Waals surface area contributed by atoms with Crippen molar-refractivity contribution >= 4 is 33.6 Å². The fourth-order valence-electron chi connectivity index (χ4n) is 6.37. The number of anilines is 2. The fourth-order valence-corrected chi connectivity index (χ4v) is 6.37. The average Bonchev–Trinajstić information content (AvgIpc) is 3.32. The molecule has 2 aliphatic carbocycles. The molecule has 8 heteroatoms. The Labute approximate surface area is 209 Å². The van der Waals surface area contributed by atoms with E-state index in [-0.39, 0.29) is 12.0 Å². The molecule has 0 radical (unpaired) electrons. The number of nitrogen functional groups attached to an aromatic ring is 1. The maximum Gasteiger partial charge on any atom is 0.145 e. The molecule has 2 fully saturated rings. The summed E-state index contributed by atoms with van der Waals surface area (Å²) in [6.07, 6.45) is 9.10. The van der Waals surface area contributed by atoms with Gasteiger partial charge >= 0.3 is 0 Å². The molecule has 1 aromatic carbocycles. The van der Waals surface area contributed by atoms with E-state index >= 15 is 0 Å². The topological polar surface area (TPSA) is 122 Å². The van der Waals surface area contributed by atoms with E-state index in [1.165, 1.54) is 42.1 Å². The summed E-state index contributed by atoms with van der Waals surface area (Å²) >= 11 is 0. The number of hydrogen-bond acceptors (Lipinski definition) is 7. The Bertz CT molecular complexity index is 1450. The highest BCUT2D eigenvalue weighted by molar-refractivity contribution is 5.86. The van der Waals surface area contributed by atoms with Crippen molar-refractivity contribution in [1.29, 1.82) is 0 Å². The maximum absolute atomic E-state index is 10.9. The molecule has 0 saturated heterocycles. The van der Waals surface area contributed by atoms with Gasteiger partial charge in [-0.2, -0.15) is 0 Å². The van der Waals surface area contributed by atoms with Crippen LogP contribution in [0.4, 0.5) is 11.6 Å². The number of aliphatic hydroxyl groups excluding tert-OH is 2. The summed E-state index contributed by atoms with van der Waals surface area (Å²) in [6, 6.07) is 11.0. The number of fused-ring (bicyclic) bond motifs is 3. The van der Waals surface area contributed by atoms with E-state index in [2.05, 4.69) is 39.6 Å². The van der Waals surface area contributed by atoms with E-state index in [4.69, 9.17) is 10.7 Å². The van der Waals surface area contributed by atoms with Crippen LogP contribution in [0.2, 0.25) is 0 Å². The van der Waals surface area contributed by atoms with Crippen molar-refractivity contribution < 1.29 is 10.2 Å². The molecule has 1 aliphatic heterocycles. The summed E-state index contributed by atoms with van der Waals surface area (Å²) in [4.78, 5) is 13.4. The summed E-state index contributed by atoms with van der Waals surface area (Å²) in [5, 5.41) is 27.3. The molecule has 36 heavy (non-hydrogen) atoms. The highest BCUT2D eigenvalue weighted by Gasteiger charge is 2.42. The number of nitrogens with two attached hydrogens (primary N) is 1. The lowest BCUT2D eigenvalue weighted by Gasteiger charge is -2.19. The molecule has 0 amide bonds. The molecule has 0 unspecified atom stereocenters. The monoisotopic (exact) mass is 484 g/mol. The van der Waals surface area contributed by atoms with E-state index in [9.17, 15) is 10.2 Å². The number of rotatable bonds is 6. The molecule has 3 aromatic heterocycles. The van der Waals surface area contributed by atoms with E-state index in [1.807, 2.05) is 16.8 Å². The van der Waals surface area contributed by atoms with Gasteiger partial charge in [-0.15, -0.1) is 0 Å². The predicted octanol–water partition coefficient (Wildman–Crippen LogP) is 3.61.